The third kappa shape index (κ3) is 5.42. The number of nitrogens with zero attached hydrogens (tertiary/aromatic N) is 1. The van der Waals surface area contributed by atoms with E-state index in [2.05, 4.69) is 10.6 Å². The van der Waals surface area contributed by atoms with E-state index >= 15 is 0 Å². The Morgan fingerprint density at radius 2 is 1.74 bits per heavy atom. The Hall–Kier alpha value is -3.35. The van der Waals surface area contributed by atoms with Crippen molar-refractivity contribution in [3.05, 3.63) is 60.2 Å². The highest BCUT2D eigenvalue weighted by atomic mass is 16.5. The maximum atomic E-state index is 12.6. The lowest BCUT2D eigenvalue weighted by molar-refractivity contribution is -0.135. The van der Waals surface area contributed by atoms with Crippen molar-refractivity contribution in [2.75, 3.05) is 6.54 Å². The van der Waals surface area contributed by atoms with Crippen LogP contribution in [0.25, 0.3) is 0 Å². The molecule has 7 nitrogen and oxygen atoms in total. The Bertz CT molecular complexity index is 923. The number of hydrogen-bond acceptors (Lipinski definition) is 4. The fourth-order valence-electron chi connectivity index (χ4n) is 4.12. The highest BCUT2D eigenvalue weighted by Gasteiger charge is 2.34. The molecule has 0 unspecified atom stereocenters. The number of rotatable bonds is 6. The molecule has 0 radical (unpaired) electrons. The number of nitrogens with one attached hydrogen (secondary N) is 2. The zero-order valence-electron chi connectivity index (χ0n) is 17.4. The summed E-state index contributed by atoms with van der Waals surface area (Å²) in [6, 6.07) is 15.8. The Kier molecular flexibility index (Phi) is 6.50. The molecule has 2 aliphatic rings. The van der Waals surface area contributed by atoms with Crippen LogP contribution in [0.4, 0.5) is 4.79 Å². The minimum absolute atomic E-state index is 0.0945. The highest BCUT2D eigenvalue weighted by molar-refractivity contribution is 6.00. The lowest BCUT2D eigenvalue weighted by Crippen LogP contribution is -2.54. The molecule has 2 aromatic rings. The van der Waals surface area contributed by atoms with Gasteiger partial charge >= 0.3 is 6.03 Å². The van der Waals surface area contributed by atoms with E-state index in [0.717, 1.165) is 36.1 Å². The van der Waals surface area contributed by atoms with Gasteiger partial charge in [-0.2, -0.15) is 0 Å². The van der Waals surface area contributed by atoms with Gasteiger partial charge < -0.3 is 15.4 Å². The zero-order valence-corrected chi connectivity index (χ0v) is 17.4. The monoisotopic (exact) mass is 421 g/mol. The lowest BCUT2D eigenvalue weighted by Gasteiger charge is -2.32. The number of para-hydroxylation sites is 1. The first kappa shape index (κ1) is 20.9. The van der Waals surface area contributed by atoms with Crippen LogP contribution < -0.4 is 15.4 Å². The molecule has 1 atom stereocenters. The van der Waals surface area contributed by atoms with Crippen molar-refractivity contribution in [1.29, 1.82) is 0 Å². The van der Waals surface area contributed by atoms with E-state index in [9.17, 15) is 14.4 Å². The van der Waals surface area contributed by atoms with Gasteiger partial charge in [-0.15, -0.1) is 0 Å². The number of carbonyl (C=O) groups is 3. The average molecular weight is 421 g/mol. The van der Waals surface area contributed by atoms with Gasteiger partial charge in [0.05, 0.1) is 12.5 Å². The van der Waals surface area contributed by atoms with E-state index in [1.54, 1.807) is 0 Å². The fraction of sp³-hybridized carbons (Fsp3) is 0.375. The molecule has 1 heterocycles. The van der Waals surface area contributed by atoms with E-state index in [-0.39, 0.29) is 30.8 Å². The first-order valence-corrected chi connectivity index (χ1v) is 10.8. The van der Waals surface area contributed by atoms with Crippen LogP contribution in [0.3, 0.4) is 0 Å². The predicted molar refractivity (Wildman–Crippen MR) is 116 cm³/mol. The zero-order chi connectivity index (χ0) is 21.6. The van der Waals surface area contributed by atoms with E-state index in [4.69, 9.17) is 4.74 Å². The van der Waals surface area contributed by atoms with Crippen LogP contribution >= 0.6 is 0 Å². The third-order valence-electron chi connectivity index (χ3n) is 5.73. The molecule has 1 aliphatic heterocycles. The summed E-state index contributed by atoms with van der Waals surface area (Å²) >= 11 is 0. The summed E-state index contributed by atoms with van der Waals surface area (Å²) in [5.74, 6) is 0.687. The van der Waals surface area contributed by atoms with Crippen molar-refractivity contribution in [1.82, 2.24) is 15.5 Å². The highest BCUT2D eigenvalue weighted by Crippen LogP contribution is 2.28. The van der Waals surface area contributed by atoms with Crippen molar-refractivity contribution in [2.45, 2.75) is 50.6 Å². The molecule has 31 heavy (non-hydrogen) atoms. The number of urea groups is 1. The van der Waals surface area contributed by atoms with Gasteiger partial charge in [0.2, 0.25) is 11.8 Å². The predicted octanol–water partition coefficient (Wildman–Crippen LogP) is 3.91. The van der Waals surface area contributed by atoms with Gasteiger partial charge in [0.25, 0.3) is 0 Å². The maximum Gasteiger partial charge on any atom is 0.325 e. The molecule has 2 N–H and O–H groups in total. The second-order valence-electron chi connectivity index (χ2n) is 8.08. The van der Waals surface area contributed by atoms with Crippen LogP contribution in [0.1, 0.15) is 50.1 Å². The van der Waals surface area contributed by atoms with Crippen molar-refractivity contribution < 1.29 is 19.1 Å². The van der Waals surface area contributed by atoms with Crippen molar-refractivity contribution in [2.24, 2.45) is 0 Å². The normalized spacial score (nSPS) is 19.6. The van der Waals surface area contributed by atoms with E-state index in [1.165, 1.54) is 6.42 Å². The molecule has 0 aromatic heterocycles. The Labute approximate surface area is 181 Å². The molecule has 0 bridgehead atoms. The number of benzene rings is 2. The van der Waals surface area contributed by atoms with Gasteiger partial charge in [-0.3, -0.25) is 14.5 Å². The molecular weight excluding hydrogens is 394 g/mol. The summed E-state index contributed by atoms with van der Waals surface area (Å²) in [7, 11) is 0. The molecule has 7 heteroatoms. The maximum absolute atomic E-state index is 12.6. The first-order valence-electron chi connectivity index (χ1n) is 10.8. The molecule has 1 saturated heterocycles. The van der Waals surface area contributed by atoms with Crippen LogP contribution in [0, 0.1) is 0 Å². The van der Waals surface area contributed by atoms with Gasteiger partial charge in [-0.1, -0.05) is 49.6 Å². The smallest absolute Gasteiger partial charge is 0.325 e. The third-order valence-corrected chi connectivity index (χ3v) is 5.73. The number of amides is 4. The number of carbonyl (C=O) groups excluding carboxylic acids is 3. The quantitative estimate of drug-likeness (QED) is 0.740. The molecule has 162 valence electrons. The average Bonchev–Trinajstić information content (AvgIpc) is 2.78. The largest absolute Gasteiger partial charge is 0.457 e. The Balaban J connectivity index is 1.36. The topological polar surface area (TPSA) is 87.7 Å². The number of hydrogen-bond donors (Lipinski definition) is 2. The van der Waals surface area contributed by atoms with Crippen LogP contribution in [0.5, 0.6) is 11.5 Å². The van der Waals surface area contributed by atoms with Gasteiger partial charge in [-0.25, -0.2) is 4.79 Å². The molecule has 2 fully saturated rings. The van der Waals surface area contributed by atoms with Gasteiger partial charge in [-0.05, 0) is 42.7 Å². The number of imide groups is 1. The molecule has 2 aromatic carbocycles. The van der Waals surface area contributed by atoms with Crippen molar-refractivity contribution in [3.63, 3.8) is 0 Å². The SMILES string of the molecule is O=C(CN1C(=O)C[C@H](c2cccc(Oc3ccccc3)c2)NC1=O)NC1CCCCC1. The van der Waals surface area contributed by atoms with Gasteiger partial charge in [0, 0.05) is 6.04 Å². The second-order valence-corrected chi connectivity index (χ2v) is 8.08. The Morgan fingerprint density at radius 1 is 1.00 bits per heavy atom. The summed E-state index contributed by atoms with van der Waals surface area (Å²) in [6.45, 7) is -0.245. The summed E-state index contributed by atoms with van der Waals surface area (Å²) in [6.07, 6.45) is 5.39. The van der Waals surface area contributed by atoms with Crippen LogP contribution in [-0.2, 0) is 9.59 Å². The number of ether oxygens (including phenoxy) is 1. The fourth-order valence-corrected chi connectivity index (χ4v) is 4.12. The molecular formula is C24H27N3O4. The summed E-state index contributed by atoms with van der Waals surface area (Å²) < 4.78 is 5.85. The van der Waals surface area contributed by atoms with Crippen LogP contribution in [0.15, 0.2) is 54.6 Å². The Morgan fingerprint density at radius 3 is 2.48 bits per heavy atom. The minimum Gasteiger partial charge on any atom is -0.457 e. The molecule has 0 spiro atoms. The summed E-state index contributed by atoms with van der Waals surface area (Å²) in [4.78, 5) is 38.6. The van der Waals surface area contributed by atoms with E-state index < -0.39 is 12.1 Å². The standard InChI is InChI=1S/C24H27N3O4/c28-22(25-18-9-3-1-4-10-18)16-27-23(29)15-21(26-24(27)30)17-8-7-13-20(14-17)31-19-11-5-2-6-12-19/h2,5-8,11-14,18,21H,1,3-4,9-10,15-16H2,(H,25,28)(H,26,30)/t21-/m1/s1. The van der Waals surface area contributed by atoms with Crippen LogP contribution in [-0.4, -0.2) is 35.3 Å². The first-order chi connectivity index (χ1) is 15.1. The van der Waals surface area contributed by atoms with Crippen molar-refractivity contribution in [3.8, 4) is 11.5 Å². The van der Waals surface area contributed by atoms with Gasteiger partial charge in [0.15, 0.2) is 0 Å². The van der Waals surface area contributed by atoms with Crippen LogP contribution in [0.2, 0.25) is 0 Å². The molecule has 1 aliphatic carbocycles. The summed E-state index contributed by atoms with van der Waals surface area (Å²) in [5.41, 5.74) is 0.779. The minimum atomic E-state index is -0.547. The van der Waals surface area contributed by atoms with Gasteiger partial charge in [0.1, 0.15) is 18.0 Å². The molecule has 1 saturated carbocycles. The molecule has 4 amide bonds. The summed E-state index contributed by atoms with van der Waals surface area (Å²) in [5, 5.41) is 5.80. The molecule has 4 rings (SSSR count). The lowest BCUT2D eigenvalue weighted by atomic mass is 9.95. The van der Waals surface area contributed by atoms with E-state index in [0.29, 0.717) is 11.5 Å². The van der Waals surface area contributed by atoms with Crippen molar-refractivity contribution >= 4 is 17.8 Å². The van der Waals surface area contributed by atoms with E-state index in [1.807, 2.05) is 54.6 Å². The second kappa shape index (κ2) is 9.64.